The molecule has 0 fully saturated rings. The summed E-state index contributed by atoms with van der Waals surface area (Å²) in [5.74, 6) is 0.560. The molecule has 0 radical (unpaired) electrons. The number of carbonyl (C=O) groups excluding carboxylic acids is 2. The number of anilines is 1. The van der Waals surface area contributed by atoms with Gasteiger partial charge in [0, 0.05) is 46.7 Å². The summed E-state index contributed by atoms with van der Waals surface area (Å²) in [6, 6.07) is 18.6. The highest BCUT2D eigenvalue weighted by Crippen LogP contribution is 2.32. The lowest BCUT2D eigenvalue weighted by Crippen LogP contribution is -2.27. The third kappa shape index (κ3) is 5.98. The van der Waals surface area contributed by atoms with Crippen molar-refractivity contribution >= 4 is 40.2 Å². The molecule has 36 heavy (non-hydrogen) atoms. The largest absolute Gasteiger partial charge is 0.497 e. The third-order valence-corrected chi connectivity index (χ3v) is 6.58. The van der Waals surface area contributed by atoms with Crippen molar-refractivity contribution in [3.63, 3.8) is 0 Å². The van der Waals surface area contributed by atoms with E-state index in [9.17, 15) is 14.0 Å². The second-order valence-corrected chi connectivity index (χ2v) is 8.89. The molecule has 4 aromatic rings. The highest BCUT2D eigenvalue weighted by molar-refractivity contribution is 8.00. The van der Waals surface area contributed by atoms with Crippen LogP contribution in [0.3, 0.4) is 0 Å². The van der Waals surface area contributed by atoms with Gasteiger partial charge in [0.05, 0.1) is 25.7 Å². The van der Waals surface area contributed by atoms with Gasteiger partial charge in [-0.05, 0) is 42.5 Å². The molecule has 4 rings (SSSR count). The average molecular weight is 508 g/mol. The Morgan fingerprint density at radius 1 is 1.00 bits per heavy atom. The van der Waals surface area contributed by atoms with Gasteiger partial charge in [0.15, 0.2) is 0 Å². The minimum absolute atomic E-state index is 0.171. The summed E-state index contributed by atoms with van der Waals surface area (Å²) < 4.78 is 25.7. The number of ether oxygens (including phenoxy) is 2. The van der Waals surface area contributed by atoms with Crippen LogP contribution in [0.4, 0.5) is 10.1 Å². The zero-order valence-corrected chi connectivity index (χ0v) is 20.7. The molecule has 3 aromatic carbocycles. The summed E-state index contributed by atoms with van der Waals surface area (Å²) in [5, 5.41) is 6.77. The van der Waals surface area contributed by atoms with Gasteiger partial charge in [-0.1, -0.05) is 18.2 Å². The SMILES string of the molecule is COc1ccc(OC)c(NC(=O)CSc2cn(CCNC(=O)c3ccc(F)cc3)c3ccccc23)c1. The van der Waals surface area contributed by atoms with Gasteiger partial charge in [-0.25, -0.2) is 4.39 Å². The van der Waals surface area contributed by atoms with Crippen molar-refractivity contribution in [1.29, 1.82) is 0 Å². The van der Waals surface area contributed by atoms with Gasteiger partial charge in [0.2, 0.25) is 5.91 Å². The highest BCUT2D eigenvalue weighted by atomic mass is 32.2. The highest BCUT2D eigenvalue weighted by Gasteiger charge is 2.13. The molecule has 0 saturated carbocycles. The molecule has 1 aromatic heterocycles. The number of amides is 2. The molecule has 0 atom stereocenters. The first kappa shape index (κ1) is 25.1. The fourth-order valence-electron chi connectivity index (χ4n) is 3.75. The Hall–Kier alpha value is -3.98. The number of carbonyl (C=O) groups is 2. The molecule has 0 saturated heterocycles. The molecule has 0 aliphatic carbocycles. The summed E-state index contributed by atoms with van der Waals surface area (Å²) in [6.45, 7) is 0.941. The van der Waals surface area contributed by atoms with Crippen LogP contribution in [0.25, 0.3) is 10.9 Å². The lowest BCUT2D eigenvalue weighted by atomic mass is 10.2. The quantitative estimate of drug-likeness (QED) is 0.297. The van der Waals surface area contributed by atoms with Crippen molar-refractivity contribution in [2.75, 3.05) is 31.8 Å². The van der Waals surface area contributed by atoms with Gasteiger partial charge in [0.25, 0.3) is 5.91 Å². The number of benzene rings is 3. The molecular formula is C27H26FN3O4S. The molecule has 0 unspecified atom stereocenters. The number of fused-ring (bicyclic) bond motifs is 1. The van der Waals surface area contributed by atoms with E-state index in [0.717, 1.165) is 15.8 Å². The summed E-state index contributed by atoms with van der Waals surface area (Å²) in [4.78, 5) is 26.0. The van der Waals surface area contributed by atoms with Crippen molar-refractivity contribution in [2.24, 2.45) is 0 Å². The lowest BCUT2D eigenvalue weighted by molar-refractivity contribution is -0.113. The van der Waals surface area contributed by atoms with Gasteiger partial charge in [0.1, 0.15) is 17.3 Å². The Kier molecular flexibility index (Phi) is 8.12. The molecule has 7 nitrogen and oxygen atoms in total. The fraction of sp³-hybridized carbons (Fsp3) is 0.185. The van der Waals surface area contributed by atoms with Crippen LogP contribution >= 0.6 is 11.8 Å². The third-order valence-electron chi connectivity index (χ3n) is 5.54. The molecule has 0 aliphatic rings. The van der Waals surface area contributed by atoms with Gasteiger partial charge in [-0.15, -0.1) is 11.8 Å². The standard InChI is InChI=1S/C27H26FN3O4S/c1-34-20-11-12-24(35-2)22(15-20)30-26(32)17-36-25-16-31(23-6-4-3-5-21(23)25)14-13-29-27(33)18-7-9-19(28)10-8-18/h3-12,15-16H,13-14,17H2,1-2H3,(H,29,33)(H,30,32). The van der Waals surface area contributed by atoms with Crippen LogP contribution in [0.2, 0.25) is 0 Å². The zero-order valence-electron chi connectivity index (χ0n) is 19.9. The number of para-hydroxylation sites is 1. The smallest absolute Gasteiger partial charge is 0.251 e. The number of thioether (sulfide) groups is 1. The predicted molar refractivity (Wildman–Crippen MR) is 140 cm³/mol. The van der Waals surface area contributed by atoms with Crippen LogP contribution in [0.5, 0.6) is 11.5 Å². The van der Waals surface area contributed by atoms with E-state index in [2.05, 4.69) is 10.6 Å². The van der Waals surface area contributed by atoms with Crippen molar-refractivity contribution in [2.45, 2.75) is 11.4 Å². The zero-order chi connectivity index (χ0) is 25.5. The van der Waals surface area contributed by atoms with E-state index in [-0.39, 0.29) is 23.4 Å². The minimum Gasteiger partial charge on any atom is -0.497 e. The number of hydrogen-bond donors (Lipinski definition) is 2. The van der Waals surface area contributed by atoms with E-state index in [0.29, 0.717) is 35.8 Å². The first-order valence-electron chi connectivity index (χ1n) is 11.2. The lowest BCUT2D eigenvalue weighted by Gasteiger charge is -2.11. The maximum absolute atomic E-state index is 13.1. The van der Waals surface area contributed by atoms with Gasteiger partial charge < -0.3 is 24.7 Å². The van der Waals surface area contributed by atoms with E-state index in [4.69, 9.17) is 9.47 Å². The van der Waals surface area contributed by atoms with Crippen LogP contribution in [-0.2, 0) is 11.3 Å². The van der Waals surface area contributed by atoms with Crippen LogP contribution in [0, 0.1) is 5.82 Å². The summed E-state index contributed by atoms with van der Waals surface area (Å²) >= 11 is 1.43. The fourth-order valence-corrected chi connectivity index (χ4v) is 4.64. The van der Waals surface area contributed by atoms with Crippen molar-refractivity contribution in [3.05, 3.63) is 84.3 Å². The van der Waals surface area contributed by atoms with Crippen molar-refractivity contribution < 1.29 is 23.5 Å². The Labute approximate surface area is 212 Å². The Morgan fingerprint density at radius 3 is 2.53 bits per heavy atom. The number of methoxy groups -OCH3 is 2. The van der Waals surface area contributed by atoms with E-state index < -0.39 is 0 Å². The molecule has 0 bridgehead atoms. The van der Waals surface area contributed by atoms with Crippen LogP contribution in [0.1, 0.15) is 10.4 Å². The van der Waals surface area contributed by atoms with E-state index >= 15 is 0 Å². The Bertz CT molecular complexity index is 1370. The van der Waals surface area contributed by atoms with Crippen molar-refractivity contribution in [1.82, 2.24) is 9.88 Å². The number of rotatable bonds is 10. The van der Waals surface area contributed by atoms with Crippen LogP contribution in [-0.4, -0.2) is 42.9 Å². The van der Waals surface area contributed by atoms with Gasteiger partial charge in [-0.2, -0.15) is 0 Å². The summed E-state index contributed by atoms with van der Waals surface area (Å²) in [7, 11) is 3.11. The minimum atomic E-state index is -0.383. The average Bonchev–Trinajstić information content (AvgIpc) is 3.25. The topological polar surface area (TPSA) is 81.6 Å². The summed E-state index contributed by atoms with van der Waals surface area (Å²) in [6.07, 6.45) is 1.98. The second kappa shape index (κ2) is 11.6. The number of aromatic nitrogens is 1. The Balaban J connectivity index is 1.39. The molecule has 186 valence electrons. The molecule has 2 N–H and O–H groups in total. The monoisotopic (exact) mass is 507 g/mol. The molecule has 0 aliphatic heterocycles. The Morgan fingerprint density at radius 2 is 1.78 bits per heavy atom. The predicted octanol–water partition coefficient (Wildman–Crippen LogP) is 4.96. The second-order valence-electron chi connectivity index (χ2n) is 7.87. The normalized spacial score (nSPS) is 10.8. The maximum atomic E-state index is 13.1. The van der Waals surface area contributed by atoms with E-state index in [1.165, 1.54) is 36.0 Å². The van der Waals surface area contributed by atoms with Gasteiger partial charge in [-0.3, -0.25) is 9.59 Å². The van der Waals surface area contributed by atoms with E-state index in [1.54, 1.807) is 32.4 Å². The van der Waals surface area contributed by atoms with Crippen LogP contribution < -0.4 is 20.1 Å². The number of hydrogen-bond acceptors (Lipinski definition) is 5. The maximum Gasteiger partial charge on any atom is 0.251 e. The van der Waals surface area contributed by atoms with Gasteiger partial charge >= 0.3 is 0 Å². The molecule has 1 heterocycles. The van der Waals surface area contributed by atoms with Crippen molar-refractivity contribution in [3.8, 4) is 11.5 Å². The molecular weight excluding hydrogens is 481 g/mol. The molecule has 2 amide bonds. The molecule has 0 spiro atoms. The molecule has 9 heteroatoms. The van der Waals surface area contributed by atoms with Crippen LogP contribution in [0.15, 0.2) is 77.8 Å². The number of halogens is 1. The van der Waals surface area contributed by atoms with E-state index in [1.807, 2.05) is 35.0 Å². The number of nitrogens with zero attached hydrogens (tertiary/aromatic N) is 1. The summed E-state index contributed by atoms with van der Waals surface area (Å²) in [5.41, 5.74) is 1.95. The number of nitrogens with one attached hydrogen (secondary N) is 2. The first-order valence-corrected chi connectivity index (χ1v) is 12.2. The first-order chi connectivity index (χ1) is 17.5.